The minimum absolute atomic E-state index is 0.256. The number of halogens is 2. The number of hydrogen-bond acceptors (Lipinski definition) is 3. The van der Waals surface area contributed by atoms with Crippen molar-refractivity contribution in [2.75, 3.05) is 19.8 Å². The van der Waals surface area contributed by atoms with Crippen LogP contribution >= 0.6 is 0 Å². The van der Waals surface area contributed by atoms with Gasteiger partial charge in [0.2, 0.25) is 5.95 Å². The van der Waals surface area contributed by atoms with Gasteiger partial charge in [0.1, 0.15) is 0 Å². The van der Waals surface area contributed by atoms with Gasteiger partial charge in [-0.25, -0.2) is 9.37 Å². The molecule has 18 heavy (non-hydrogen) atoms. The predicted octanol–water partition coefficient (Wildman–Crippen LogP) is 1.91. The summed E-state index contributed by atoms with van der Waals surface area (Å²) in [5.41, 5.74) is -0.351. The smallest absolute Gasteiger partial charge is 0.254 e. The van der Waals surface area contributed by atoms with Crippen molar-refractivity contribution in [2.45, 2.75) is 19.8 Å². The van der Waals surface area contributed by atoms with E-state index >= 15 is 0 Å². The third-order valence-corrected chi connectivity index (χ3v) is 2.27. The second kappa shape index (κ2) is 7.71. The molecule has 0 aliphatic heterocycles. The molecule has 0 spiro atoms. The fourth-order valence-electron chi connectivity index (χ4n) is 1.27. The molecule has 4 nitrogen and oxygen atoms in total. The van der Waals surface area contributed by atoms with E-state index in [9.17, 15) is 13.6 Å². The lowest BCUT2D eigenvalue weighted by molar-refractivity contribution is 0.0907. The molecular formula is C12H16F2N2O2. The molecule has 0 aliphatic carbocycles. The molecule has 1 amide bonds. The number of amides is 1. The van der Waals surface area contributed by atoms with Gasteiger partial charge in [-0.15, -0.1) is 0 Å². The first-order valence-electron chi connectivity index (χ1n) is 5.82. The Hall–Kier alpha value is -1.56. The van der Waals surface area contributed by atoms with Crippen LogP contribution in [-0.4, -0.2) is 30.6 Å². The first kappa shape index (κ1) is 14.5. The van der Waals surface area contributed by atoms with Crippen molar-refractivity contribution in [2.24, 2.45) is 0 Å². The van der Waals surface area contributed by atoms with Gasteiger partial charge in [0.05, 0.1) is 12.2 Å². The number of nitrogens with zero attached hydrogens (tertiary/aromatic N) is 1. The molecule has 100 valence electrons. The molecule has 1 aromatic heterocycles. The number of hydrogen-bond donors (Lipinski definition) is 1. The number of carbonyl (C=O) groups is 1. The lowest BCUT2D eigenvalue weighted by Crippen LogP contribution is -2.28. The second-order valence-electron chi connectivity index (χ2n) is 3.69. The van der Waals surface area contributed by atoms with Crippen LogP contribution in [-0.2, 0) is 4.74 Å². The average molecular weight is 258 g/mol. The molecule has 1 N–H and O–H groups in total. The van der Waals surface area contributed by atoms with Crippen molar-refractivity contribution in [3.63, 3.8) is 0 Å². The fraction of sp³-hybridized carbons (Fsp3) is 0.500. The number of nitrogens with one attached hydrogen (secondary N) is 1. The topological polar surface area (TPSA) is 51.2 Å². The minimum Gasteiger partial charge on any atom is -0.380 e. The maximum Gasteiger partial charge on any atom is 0.254 e. The van der Waals surface area contributed by atoms with Crippen LogP contribution in [0.3, 0.4) is 0 Å². The molecule has 1 heterocycles. The van der Waals surface area contributed by atoms with Crippen molar-refractivity contribution in [1.82, 2.24) is 10.3 Å². The molecule has 0 saturated heterocycles. The van der Waals surface area contributed by atoms with Gasteiger partial charge in [0, 0.05) is 19.3 Å². The van der Waals surface area contributed by atoms with Crippen molar-refractivity contribution in [3.05, 3.63) is 29.6 Å². The Balaban J connectivity index is 2.35. The van der Waals surface area contributed by atoms with Crippen molar-refractivity contribution in [3.8, 4) is 0 Å². The Kier molecular flexibility index (Phi) is 6.21. The Bertz CT molecular complexity index is 400. The Morgan fingerprint density at radius 1 is 1.44 bits per heavy atom. The van der Waals surface area contributed by atoms with Gasteiger partial charge >= 0.3 is 0 Å². The van der Waals surface area contributed by atoms with E-state index in [1.807, 2.05) is 6.92 Å². The summed E-state index contributed by atoms with van der Waals surface area (Å²) in [5, 5.41) is 2.45. The van der Waals surface area contributed by atoms with Crippen LogP contribution < -0.4 is 5.32 Å². The second-order valence-corrected chi connectivity index (χ2v) is 3.69. The van der Waals surface area contributed by atoms with E-state index in [1.54, 1.807) is 0 Å². The molecule has 0 bridgehead atoms. The summed E-state index contributed by atoms with van der Waals surface area (Å²) < 4.78 is 31.2. The SMILES string of the molecule is CCCCOCCNC(=O)c1ccnc(F)c1F. The van der Waals surface area contributed by atoms with E-state index in [0.29, 0.717) is 13.2 Å². The zero-order chi connectivity index (χ0) is 13.4. The standard InChI is InChI=1S/C12H16F2N2O2/c1-2-3-7-18-8-6-16-12(17)9-4-5-15-11(14)10(9)13/h4-5H,2-3,6-8H2,1H3,(H,16,17). The van der Waals surface area contributed by atoms with Crippen LogP contribution in [0, 0.1) is 11.8 Å². The molecule has 0 radical (unpaired) electrons. The zero-order valence-corrected chi connectivity index (χ0v) is 10.2. The van der Waals surface area contributed by atoms with Gasteiger partial charge in [0.25, 0.3) is 5.91 Å². The summed E-state index contributed by atoms with van der Waals surface area (Å²) in [4.78, 5) is 14.6. The zero-order valence-electron chi connectivity index (χ0n) is 10.2. The highest BCUT2D eigenvalue weighted by molar-refractivity contribution is 5.94. The normalized spacial score (nSPS) is 10.4. The number of pyridine rings is 1. The lowest BCUT2D eigenvalue weighted by Gasteiger charge is -2.06. The Morgan fingerprint density at radius 2 is 2.22 bits per heavy atom. The monoisotopic (exact) mass is 258 g/mol. The molecule has 0 aliphatic rings. The van der Waals surface area contributed by atoms with E-state index in [0.717, 1.165) is 25.1 Å². The first-order valence-corrected chi connectivity index (χ1v) is 5.82. The molecular weight excluding hydrogens is 242 g/mol. The van der Waals surface area contributed by atoms with Crippen LogP contribution in [0.5, 0.6) is 0 Å². The van der Waals surface area contributed by atoms with Gasteiger partial charge in [-0.3, -0.25) is 4.79 Å². The molecule has 0 unspecified atom stereocenters. The van der Waals surface area contributed by atoms with E-state index in [4.69, 9.17) is 4.74 Å². The fourth-order valence-corrected chi connectivity index (χ4v) is 1.27. The maximum atomic E-state index is 13.2. The summed E-state index contributed by atoms with van der Waals surface area (Å²) in [6, 6.07) is 1.13. The van der Waals surface area contributed by atoms with Crippen molar-refractivity contribution >= 4 is 5.91 Å². The number of rotatable bonds is 7. The summed E-state index contributed by atoms with van der Waals surface area (Å²) in [6.07, 6.45) is 3.04. The molecule has 0 saturated carbocycles. The number of unbranched alkanes of at least 4 members (excludes halogenated alkanes) is 1. The highest BCUT2D eigenvalue weighted by atomic mass is 19.2. The van der Waals surface area contributed by atoms with Crippen molar-refractivity contribution < 1.29 is 18.3 Å². The molecule has 6 heteroatoms. The van der Waals surface area contributed by atoms with Gasteiger partial charge in [-0.1, -0.05) is 13.3 Å². The van der Waals surface area contributed by atoms with E-state index in [-0.39, 0.29) is 12.1 Å². The number of ether oxygens (including phenoxy) is 1. The summed E-state index contributed by atoms with van der Waals surface area (Å²) in [6.45, 7) is 3.28. The van der Waals surface area contributed by atoms with Crippen molar-refractivity contribution in [1.29, 1.82) is 0 Å². The van der Waals surface area contributed by atoms with E-state index in [2.05, 4.69) is 10.3 Å². The number of carbonyl (C=O) groups excluding carboxylic acids is 1. The van der Waals surface area contributed by atoms with Crippen LogP contribution in [0.25, 0.3) is 0 Å². The molecule has 1 aromatic rings. The average Bonchev–Trinajstić information content (AvgIpc) is 2.36. The quantitative estimate of drug-likeness (QED) is 0.600. The van der Waals surface area contributed by atoms with Crippen LogP contribution in [0.15, 0.2) is 12.3 Å². The Morgan fingerprint density at radius 3 is 2.94 bits per heavy atom. The molecule has 0 fully saturated rings. The van der Waals surface area contributed by atoms with Gasteiger partial charge in [-0.05, 0) is 12.5 Å². The maximum absolute atomic E-state index is 13.2. The first-order chi connectivity index (χ1) is 8.66. The summed E-state index contributed by atoms with van der Waals surface area (Å²) in [5.74, 6) is -3.18. The molecule has 0 atom stereocenters. The van der Waals surface area contributed by atoms with Crippen LogP contribution in [0.4, 0.5) is 8.78 Å². The van der Waals surface area contributed by atoms with E-state index < -0.39 is 17.7 Å². The van der Waals surface area contributed by atoms with Gasteiger partial charge in [0.15, 0.2) is 5.82 Å². The Labute approximate surface area is 104 Å². The third-order valence-electron chi connectivity index (χ3n) is 2.27. The van der Waals surface area contributed by atoms with Crippen LogP contribution in [0.2, 0.25) is 0 Å². The third kappa shape index (κ3) is 4.37. The lowest BCUT2D eigenvalue weighted by atomic mass is 10.2. The number of aromatic nitrogens is 1. The largest absolute Gasteiger partial charge is 0.380 e. The highest BCUT2D eigenvalue weighted by Gasteiger charge is 2.15. The molecule has 0 aromatic carbocycles. The van der Waals surface area contributed by atoms with Gasteiger partial charge in [-0.2, -0.15) is 4.39 Å². The predicted molar refractivity (Wildman–Crippen MR) is 62.2 cm³/mol. The van der Waals surface area contributed by atoms with Crippen LogP contribution in [0.1, 0.15) is 30.1 Å². The van der Waals surface area contributed by atoms with Gasteiger partial charge < -0.3 is 10.1 Å². The van der Waals surface area contributed by atoms with E-state index in [1.165, 1.54) is 0 Å². The molecule has 1 rings (SSSR count). The minimum atomic E-state index is -1.28. The summed E-state index contributed by atoms with van der Waals surface area (Å²) in [7, 11) is 0. The highest BCUT2D eigenvalue weighted by Crippen LogP contribution is 2.08. The summed E-state index contributed by atoms with van der Waals surface area (Å²) >= 11 is 0.